The summed E-state index contributed by atoms with van der Waals surface area (Å²) in [4.78, 5) is 12.2. The van der Waals surface area contributed by atoms with Crippen LogP contribution in [0.15, 0.2) is 18.2 Å². The molecule has 0 fully saturated rings. The number of nitrogens with two attached hydrogens (primary N) is 1. The highest BCUT2D eigenvalue weighted by Crippen LogP contribution is 2.21. The van der Waals surface area contributed by atoms with Crippen LogP contribution in [0.2, 0.25) is 0 Å². The number of methoxy groups -OCH3 is 1. The van der Waals surface area contributed by atoms with Crippen molar-refractivity contribution in [3.8, 4) is 5.75 Å². The Hall–Kier alpha value is -1.71. The molecule has 1 unspecified atom stereocenters. The maximum atomic E-state index is 12.2. The number of unbranched alkanes of at least 4 members (excludes halogenated alkanes) is 2. The largest absolute Gasteiger partial charge is 0.496 e. The van der Waals surface area contributed by atoms with Crippen LogP contribution in [0.1, 0.15) is 49.9 Å². The first-order valence-corrected chi connectivity index (χ1v) is 6.82. The van der Waals surface area contributed by atoms with Crippen molar-refractivity contribution in [2.45, 2.75) is 45.6 Å². The molecule has 1 atom stereocenters. The number of hydrogen-bond acceptors (Lipinski definition) is 3. The smallest absolute Gasteiger partial charge is 0.255 e. The number of hydrogen-bond donors (Lipinski definition) is 2. The van der Waals surface area contributed by atoms with Crippen molar-refractivity contribution in [2.24, 2.45) is 0 Å². The van der Waals surface area contributed by atoms with E-state index in [2.05, 4.69) is 12.2 Å². The number of rotatable bonds is 7. The molecule has 1 aromatic carbocycles. The molecule has 1 amide bonds. The molecule has 0 aliphatic heterocycles. The van der Waals surface area contributed by atoms with E-state index in [0.717, 1.165) is 12.8 Å². The maximum Gasteiger partial charge on any atom is 0.255 e. The minimum absolute atomic E-state index is 0.131. The summed E-state index contributed by atoms with van der Waals surface area (Å²) in [6.07, 6.45) is 4.50. The van der Waals surface area contributed by atoms with E-state index in [9.17, 15) is 4.79 Å². The van der Waals surface area contributed by atoms with Crippen molar-refractivity contribution in [2.75, 3.05) is 12.8 Å². The summed E-state index contributed by atoms with van der Waals surface area (Å²) in [5.41, 5.74) is 6.76. The molecule has 1 rings (SSSR count). The van der Waals surface area contributed by atoms with E-state index in [0.29, 0.717) is 17.0 Å². The molecule has 1 aromatic rings. The Morgan fingerprint density at radius 1 is 1.42 bits per heavy atom. The van der Waals surface area contributed by atoms with E-state index >= 15 is 0 Å². The Bertz CT molecular complexity index is 419. The van der Waals surface area contributed by atoms with E-state index in [1.807, 2.05) is 6.92 Å². The number of carbonyl (C=O) groups excluding carboxylic acids is 1. The summed E-state index contributed by atoms with van der Waals surface area (Å²) in [6, 6.07) is 5.24. The van der Waals surface area contributed by atoms with Gasteiger partial charge in [0.2, 0.25) is 0 Å². The van der Waals surface area contributed by atoms with Gasteiger partial charge in [-0.15, -0.1) is 0 Å². The highest BCUT2D eigenvalue weighted by Gasteiger charge is 2.14. The van der Waals surface area contributed by atoms with Crippen LogP contribution in [0.3, 0.4) is 0 Å². The van der Waals surface area contributed by atoms with Crippen molar-refractivity contribution < 1.29 is 9.53 Å². The van der Waals surface area contributed by atoms with Crippen molar-refractivity contribution in [3.63, 3.8) is 0 Å². The van der Waals surface area contributed by atoms with Crippen LogP contribution in [0, 0.1) is 0 Å². The monoisotopic (exact) mass is 264 g/mol. The quantitative estimate of drug-likeness (QED) is 0.588. The predicted molar refractivity (Wildman–Crippen MR) is 78.5 cm³/mol. The SMILES string of the molecule is CCCCCC(C)NC(=O)c1cc(N)ccc1OC. The zero-order valence-electron chi connectivity index (χ0n) is 12.0. The number of nitrogen functional groups attached to an aromatic ring is 1. The molecule has 0 spiro atoms. The summed E-state index contributed by atoms with van der Waals surface area (Å²) in [7, 11) is 1.55. The Morgan fingerprint density at radius 3 is 2.79 bits per heavy atom. The second kappa shape index (κ2) is 7.67. The third-order valence-electron chi connectivity index (χ3n) is 3.09. The maximum absolute atomic E-state index is 12.2. The average Bonchev–Trinajstić information content (AvgIpc) is 2.39. The number of carbonyl (C=O) groups is 1. The van der Waals surface area contributed by atoms with Crippen LogP contribution < -0.4 is 15.8 Å². The first kappa shape index (κ1) is 15.3. The van der Waals surface area contributed by atoms with Gasteiger partial charge in [-0.2, -0.15) is 0 Å². The van der Waals surface area contributed by atoms with E-state index in [4.69, 9.17) is 10.5 Å². The van der Waals surface area contributed by atoms with Gasteiger partial charge in [0.1, 0.15) is 5.75 Å². The van der Waals surface area contributed by atoms with Crippen molar-refractivity contribution in [3.05, 3.63) is 23.8 Å². The number of amides is 1. The van der Waals surface area contributed by atoms with E-state index < -0.39 is 0 Å². The summed E-state index contributed by atoms with van der Waals surface area (Å²) < 4.78 is 5.19. The third kappa shape index (κ3) is 4.81. The summed E-state index contributed by atoms with van der Waals surface area (Å²) >= 11 is 0. The second-order valence-corrected chi connectivity index (χ2v) is 4.83. The standard InChI is InChI=1S/C15H24N2O2/c1-4-5-6-7-11(2)17-15(18)13-10-12(16)8-9-14(13)19-3/h8-11H,4-7,16H2,1-3H3,(H,17,18). The topological polar surface area (TPSA) is 64.4 Å². The molecule has 4 nitrogen and oxygen atoms in total. The van der Waals surface area contributed by atoms with Crippen LogP contribution >= 0.6 is 0 Å². The fourth-order valence-electron chi connectivity index (χ4n) is 1.98. The van der Waals surface area contributed by atoms with Gasteiger partial charge in [0, 0.05) is 11.7 Å². The molecular weight excluding hydrogens is 240 g/mol. The van der Waals surface area contributed by atoms with E-state index in [1.165, 1.54) is 12.8 Å². The number of ether oxygens (including phenoxy) is 1. The van der Waals surface area contributed by atoms with Gasteiger partial charge < -0.3 is 15.8 Å². The van der Waals surface area contributed by atoms with Gasteiger partial charge in [-0.25, -0.2) is 0 Å². The van der Waals surface area contributed by atoms with Gasteiger partial charge in [0.15, 0.2) is 0 Å². The third-order valence-corrected chi connectivity index (χ3v) is 3.09. The Balaban J connectivity index is 2.64. The molecule has 0 bridgehead atoms. The minimum atomic E-state index is -0.131. The van der Waals surface area contributed by atoms with E-state index in [-0.39, 0.29) is 11.9 Å². The summed E-state index contributed by atoms with van der Waals surface area (Å²) in [5.74, 6) is 0.417. The summed E-state index contributed by atoms with van der Waals surface area (Å²) in [6.45, 7) is 4.19. The van der Waals surface area contributed by atoms with Gasteiger partial charge in [-0.05, 0) is 31.5 Å². The van der Waals surface area contributed by atoms with Crippen LogP contribution in [0.25, 0.3) is 0 Å². The summed E-state index contributed by atoms with van der Waals surface area (Å²) in [5, 5.41) is 2.98. The predicted octanol–water partition coefficient (Wildman–Crippen LogP) is 2.98. The lowest BCUT2D eigenvalue weighted by Gasteiger charge is -2.15. The number of anilines is 1. The lowest BCUT2D eigenvalue weighted by atomic mass is 10.1. The minimum Gasteiger partial charge on any atom is -0.496 e. The van der Waals surface area contributed by atoms with E-state index in [1.54, 1.807) is 25.3 Å². The Morgan fingerprint density at radius 2 is 2.16 bits per heavy atom. The highest BCUT2D eigenvalue weighted by molar-refractivity contribution is 5.98. The van der Waals surface area contributed by atoms with Gasteiger partial charge >= 0.3 is 0 Å². The van der Waals surface area contributed by atoms with Crippen molar-refractivity contribution in [1.29, 1.82) is 0 Å². The van der Waals surface area contributed by atoms with Crippen LogP contribution in [-0.4, -0.2) is 19.1 Å². The lowest BCUT2D eigenvalue weighted by Crippen LogP contribution is -2.32. The molecule has 0 aromatic heterocycles. The normalized spacial score (nSPS) is 11.9. The fourth-order valence-corrected chi connectivity index (χ4v) is 1.98. The molecule has 0 aliphatic carbocycles. The number of benzene rings is 1. The molecule has 0 saturated carbocycles. The second-order valence-electron chi connectivity index (χ2n) is 4.83. The molecule has 4 heteroatoms. The van der Waals surface area contributed by atoms with Crippen molar-refractivity contribution in [1.82, 2.24) is 5.32 Å². The Labute approximate surface area is 115 Å². The average molecular weight is 264 g/mol. The lowest BCUT2D eigenvalue weighted by molar-refractivity contribution is 0.0935. The fraction of sp³-hybridized carbons (Fsp3) is 0.533. The molecular formula is C15H24N2O2. The molecule has 106 valence electrons. The zero-order valence-corrected chi connectivity index (χ0v) is 12.0. The van der Waals surface area contributed by atoms with Gasteiger partial charge in [0.25, 0.3) is 5.91 Å². The zero-order chi connectivity index (χ0) is 14.3. The van der Waals surface area contributed by atoms with Gasteiger partial charge in [-0.3, -0.25) is 4.79 Å². The number of nitrogens with one attached hydrogen (secondary N) is 1. The van der Waals surface area contributed by atoms with Crippen LogP contribution in [-0.2, 0) is 0 Å². The molecule has 0 saturated heterocycles. The molecule has 0 heterocycles. The first-order valence-electron chi connectivity index (χ1n) is 6.82. The highest BCUT2D eigenvalue weighted by atomic mass is 16.5. The molecule has 0 radical (unpaired) electrons. The Kier molecular flexibility index (Phi) is 6.19. The van der Waals surface area contributed by atoms with Crippen LogP contribution in [0.4, 0.5) is 5.69 Å². The van der Waals surface area contributed by atoms with Gasteiger partial charge in [-0.1, -0.05) is 26.2 Å². The first-order chi connectivity index (χ1) is 9.08. The van der Waals surface area contributed by atoms with Crippen LogP contribution in [0.5, 0.6) is 5.75 Å². The molecule has 0 aliphatic rings. The van der Waals surface area contributed by atoms with Crippen molar-refractivity contribution >= 4 is 11.6 Å². The molecule has 3 N–H and O–H groups in total. The van der Waals surface area contributed by atoms with Gasteiger partial charge in [0.05, 0.1) is 12.7 Å². The molecule has 19 heavy (non-hydrogen) atoms.